The molecule has 1 fully saturated rings. The third-order valence-electron chi connectivity index (χ3n) is 4.69. The van der Waals surface area contributed by atoms with Gasteiger partial charge in [-0.2, -0.15) is 0 Å². The number of amides is 1. The lowest BCUT2D eigenvalue weighted by Crippen LogP contribution is -2.36. The topological polar surface area (TPSA) is 78.0 Å². The second-order valence-electron chi connectivity index (χ2n) is 8.18. The highest BCUT2D eigenvalue weighted by Crippen LogP contribution is 2.42. The van der Waals surface area contributed by atoms with E-state index < -0.39 is 11.7 Å². The number of ether oxygens (including phenoxy) is 3. The fourth-order valence-electron chi connectivity index (χ4n) is 3.11. The fraction of sp³-hybridized carbons (Fsp3) is 0.571. The first-order chi connectivity index (χ1) is 13.3. The molecule has 154 valence electrons. The molecule has 3 rings (SSSR count). The lowest BCUT2D eigenvalue weighted by atomic mass is 9.80. The summed E-state index contributed by atoms with van der Waals surface area (Å²) in [7, 11) is 1.62. The van der Waals surface area contributed by atoms with Crippen molar-refractivity contribution in [2.75, 3.05) is 20.3 Å². The Labute approximate surface area is 166 Å². The van der Waals surface area contributed by atoms with E-state index in [2.05, 4.69) is 16.9 Å². The molecule has 7 nitrogen and oxygen atoms in total. The van der Waals surface area contributed by atoms with Crippen LogP contribution in [0.2, 0.25) is 0 Å². The van der Waals surface area contributed by atoms with Gasteiger partial charge < -0.3 is 19.5 Å². The number of carbonyl (C=O) groups is 1. The van der Waals surface area contributed by atoms with Gasteiger partial charge in [-0.3, -0.25) is 10.3 Å². The summed E-state index contributed by atoms with van der Waals surface area (Å²) in [5, 5.41) is 2.72. The van der Waals surface area contributed by atoms with Gasteiger partial charge in [0.25, 0.3) is 0 Å². The summed E-state index contributed by atoms with van der Waals surface area (Å²) in [5.74, 6) is 1.33. The molecule has 2 N–H and O–H groups in total. The van der Waals surface area contributed by atoms with E-state index in [9.17, 15) is 4.79 Å². The molecule has 1 heterocycles. The molecule has 1 spiro atoms. The Morgan fingerprint density at radius 2 is 2.07 bits per heavy atom. The average Bonchev–Trinajstić information content (AvgIpc) is 3.06. The van der Waals surface area contributed by atoms with E-state index in [1.54, 1.807) is 7.11 Å². The summed E-state index contributed by atoms with van der Waals surface area (Å²) < 4.78 is 16.5. The largest absolute Gasteiger partial charge is 0.493 e. The molecule has 1 aromatic rings. The van der Waals surface area contributed by atoms with E-state index in [1.807, 2.05) is 39.0 Å². The quantitative estimate of drug-likeness (QED) is 0.690. The summed E-state index contributed by atoms with van der Waals surface area (Å²) in [6.45, 7) is 6.42. The highest BCUT2D eigenvalue weighted by molar-refractivity contribution is 5.69. The van der Waals surface area contributed by atoms with E-state index in [1.165, 1.54) is 6.42 Å². The van der Waals surface area contributed by atoms with Crippen molar-refractivity contribution in [1.29, 1.82) is 0 Å². The zero-order chi connectivity index (χ0) is 20.2. The van der Waals surface area contributed by atoms with E-state index in [4.69, 9.17) is 19.0 Å². The second-order valence-corrected chi connectivity index (χ2v) is 8.18. The molecule has 0 aromatic heterocycles. The summed E-state index contributed by atoms with van der Waals surface area (Å²) in [6.07, 6.45) is 5.68. The summed E-state index contributed by atoms with van der Waals surface area (Å²) in [5.41, 5.74) is 4.35. The molecule has 1 aliphatic carbocycles. The van der Waals surface area contributed by atoms with Gasteiger partial charge in [-0.25, -0.2) is 4.79 Å². The van der Waals surface area contributed by atoms with Gasteiger partial charge in [0, 0.05) is 12.1 Å². The zero-order valence-electron chi connectivity index (χ0n) is 17.1. The first-order valence-corrected chi connectivity index (χ1v) is 9.75. The first-order valence-electron chi connectivity index (χ1n) is 9.75. The van der Waals surface area contributed by atoms with E-state index in [0.717, 1.165) is 24.1 Å². The molecule has 1 saturated carbocycles. The van der Waals surface area contributed by atoms with Crippen LogP contribution in [0.25, 0.3) is 5.70 Å². The van der Waals surface area contributed by atoms with Crippen LogP contribution < -0.4 is 20.3 Å². The van der Waals surface area contributed by atoms with Crippen LogP contribution in [0.15, 0.2) is 24.3 Å². The monoisotopic (exact) mass is 390 g/mol. The van der Waals surface area contributed by atoms with Gasteiger partial charge in [-0.15, -0.1) is 0 Å². The van der Waals surface area contributed by atoms with Gasteiger partial charge >= 0.3 is 6.09 Å². The van der Waals surface area contributed by atoms with Crippen LogP contribution in [0.3, 0.4) is 0 Å². The molecule has 7 heteroatoms. The van der Waals surface area contributed by atoms with Crippen LogP contribution in [0.5, 0.6) is 11.5 Å². The van der Waals surface area contributed by atoms with Crippen molar-refractivity contribution >= 4 is 11.8 Å². The third-order valence-corrected chi connectivity index (χ3v) is 4.69. The smallest absolute Gasteiger partial charge is 0.407 e. The zero-order valence-corrected chi connectivity index (χ0v) is 17.1. The Bertz CT molecular complexity index is 735. The average molecular weight is 390 g/mol. The standard InChI is InChI=1S/C21H30N2O5/c1-20(2,3)27-19(24)22-11-6-12-26-18-13-15(7-8-17(18)25-4)16-14-21(28-23-16)9-5-10-21/h7-8,13-14,23H,5-6,9-12H2,1-4H3,(H,22,24). The Kier molecular flexibility index (Phi) is 6.03. The SMILES string of the molecule is COc1ccc(C2=CC3(CCC3)ON2)cc1OCCCNC(=O)OC(C)(C)C. The van der Waals surface area contributed by atoms with Crippen LogP contribution >= 0.6 is 0 Å². The Balaban J connectivity index is 1.52. The molecule has 0 bridgehead atoms. The van der Waals surface area contributed by atoms with E-state index >= 15 is 0 Å². The van der Waals surface area contributed by atoms with Crippen molar-refractivity contribution in [3.63, 3.8) is 0 Å². The van der Waals surface area contributed by atoms with Crippen LogP contribution in [0.4, 0.5) is 4.79 Å². The van der Waals surface area contributed by atoms with Crippen molar-refractivity contribution < 1.29 is 23.8 Å². The van der Waals surface area contributed by atoms with Crippen molar-refractivity contribution in [3.05, 3.63) is 29.8 Å². The summed E-state index contributed by atoms with van der Waals surface area (Å²) in [4.78, 5) is 17.4. The predicted octanol–water partition coefficient (Wildman–Crippen LogP) is 3.79. The van der Waals surface area contributed by atoms with Crippen LogP contribution in [-0.2, 0) is 9.57 Å². The maximum absolute atomic E-state index is 11.6. The number of benzene rings is 1. The normalized spacial score (nSPS) is 17.4. The lowest BCUT2D eigenvalue weighted by molar-refractivity contribution is -0.0821. The molecule has 1 aliphatic heterocycles. The molecule has 2 aliphatic rings. The lowest BCUT2D eigenvalue weighted by Gasteiger charge is -2.33. The molecule has 0 saturated heterocycles. The number of carbonyl (C=O) groups excluding carboxylic acids is 1. The van der Waals surface area contributed by atoms with Crippen LogP contribution in [-0.4, -0.2) is 37.6 Å². The molecule has 0 unspecified atom stereocenters. The van der Waals surface area contributed by atoms with Gasteiger partial charge in [0.05, 0.1) is 19.4 Å². The number of hydroxylamine groups is 1. The number of nitrogens with one attached hydrogen (secondary N) is 2. The molecule has 0 atom stereocenters. The van der Waals surface area contributed by atoms with Crippen molar-refractivity contribution in [2.45, 2.75) is 57.7 Å². The fourth-order valence-corrected chi connectivity index (χ4v) is 3.11. The van der Waals surface area contributed by atoms with Gasteiger partial charge in [-0.05, 0) is 70.7 Å². The molecule has 1 amide bonds. The van der Waals surface area contributed by atoms with Crippen LogP contribution in [0.1, 0.15) is 52.0 Å². The predicted molar refractivity (Wildman–Crippen MR) is 106 cm³/mol. The second kappa shape index (κ2) is 8.31. The summed E-state index contributed by atoms with van der Waals surface area (Å²) in [6, 6.07) is 5.81. The minimum absolute atomic E-state index is 0.135. The number of hydrogen-bond donors (Lipinski definition) is 2. The van der Waals surface area contributed by atoms with Crippen molar-refractivity contribution in [3.8, 4) is 11.5 Å². The Morgan fingerprint density at radius 1 is 1.29 bits per heavy atom. The van der Waals surface area contributed by atoms with Gasteiger partial charge in [-0.1, -0.05) is 0 Å². The van der Waals surface area contributed by atoms with Crippen molar-refractivity contribution in [2.24, 2.45) is 0 Å². The molecular weight excluding hydrogens is 360 g/mol. The maximum Gasteiger partial charge on any atom is 0.407 e. The maximum atomic E-state index is 11.6. The minimum atomic E-state index is -0.501. The number of rotatable bonds is 7. The number of methoxy groups -OCH3 is 1. The van der Waals surface area contributed by atoms with Crippen LogP contribution in [0, 0.1) is 0 Å². The minimum Gasteiger partial charge on any atom is -0.493 e. The highest BCUT2D eigenvalue weighted by Gasteiger charge is 2.41. The number of hydrogen-bond acceptors (Lipinski definition) is 6. The molecule has 1 aromatic carbocycles. The highest BCUT2D eigenvalue weighted by atomic mass is 16.7. The molecular formula is C21H30N2O5. The third kappa shape index (κ3) is 5.10. The van der Waals surface area contributed by atoms with E-state index in [0.29, 0.717) is 31.1 Å². The van der Waals surface area contributed by atoms with Gasteiger partial charge in [0.1, 0.15) is 11.2 Å². The first kappa shape index (κ1) is 20.3. The molecule has 0 radical (unpaired) electrons. The van der Waals surface area contributed by atoms with Gasteiger partial charge in [0.2, 0.25) is 0 Å². The molecule has 28 heavy (non-hydrogen) atoms. The van der Waals surface area contributed by atoms with Gasteiger partial charge in [0.15, 0.2) is 11.5 Å². The Morgan fingerprint density at radius 3 is 2.68 bits per heavy atom. The summed E-state index contributed by atoms with van der Waals surface area (Å²) >= 11 is 0. The Hall–Kier alpha value is -2.41. The van der Waals surface area contributed by atoms with Crippen molar-refractivity contribution in [1.82, 2.24) is 10.8 Å². The number of alkyl carbamates (subject to hydrolysis) is 1. The van der Waals surface area contributed by atoms with E-state index in [-0.39, 0.29) is 5.60 Å².